The molecule has 3 aliphatic rings. The molecular weight excluding hydrogens is 590 g/mol. The van der Waals surface area contributed by atoms with E-state index in [0.717, 1.165) is 5.57 Å². The van der Waals surface area contributed by atoms with Crippen LogP contribution in [0.4, 0.5) is 5.69 Å². The summed E-state index contributed by atoms with van der Waals surface area (Å²) >= 11 is 3.83. The number of hydrogen-bond acceptors (Lipinski definition) is 5. The van der Waals surface area contributed by atoms with Crippen LogP contribution >= 0.6 is 15.9 Å². The fraction of sp³-hybridized carbons (Fsp3) is 0.667. The molecule has 6 nitrogen and oxygen atoms in total. The van der Waals surface area contributed by atoms with Gasteiger partial charge in [-0.25, -0.2) is 4.90 Å². The predicted molar refractivity (Wildman–Crippen MR) is 165 cm³/mol. The molecule has 1 aromatic rings. The molecule has 2 aliphatic carbocycles. The van der Waals surface area contributed by atoms with E-state index in [4.69, 9.17) is 13.6 Å². The van der Waals surface area contributed by atoms with Crippen molar-refractivity contribution in [3.8, 4) is 0 Å². The van der Waals surface area contributed by atoms with E-state index < -0.39 is 33.0 Å². The highest BCUT2D eigenvalue weighted by atomic mass is 79.9. The average Bonchev–Trinajstić information content (AvgIpc) is 3.22. The third kappa shape index (κ3) is 4.99. The van der Waals surface area contributed by atoms with Crippen molar-refractivity contribution in [1.29, 1.82) is 0 Å². The maximum absolute atomic E-state index is 14.3. The number of fused-ring (bicyclic) bond motifs is 3. The summed E-state index contributed by atoms with van der Waals surface area (Å²) in [6, 6.07) is 9.19. The van der Waals surface area contributed by atoms with E-state index in [1.807, 2.05) is 18.2 Å². The number of carbonyl (C=O) groups excluding carboxylic acids is 2. The van der Waals surface area contributed by atoms with Gasteiger partial charge in [0.1, 0.15) is 10.4 Å². The molecule has 6 atom stereocenters. The van der Waals surface area contributed by atoms with Crippen LogP contribution < -0.4 is 4.90 Å². The molecule has 216 valence electrons. The van der Waals surface area contributed by atoms with Crippen molar-refractivity contribution >= 4 is 50.1 Å². The highest BCUT2D eigenvalue weighted by Crippen LogP contribution is 2.58. The maximum Gasteiger partial charge on any atom is 0.254 e. The average molecular weight is 637 g/mol. The monoisotopic (exact) mass is 635 g/mol. The summed E-state index contributed by atoms with van der Waals surface area (Å²) < 4.78 is 18.9. The number of para-hydroxylation sites is 1. The van der Waals surface area contributed by atoms with E-state index >= 15 is 0 Å². The summed E-state index contributed by atoms with van der Waals surface area (Å²) in [6.45, 7) is 22.4. The molecule has 9 heteroatoms. The second-order valence-corrected chi connectivity index (χ2v) is 25.3. The van der Waals surface area contributed by atoms with Gasteiger partial charge < -0.3 is 13.6 Å². The standard InChI is InChI=1S/C30H46BrNO5Si2/c1-28(2,3)38(8,9)36-21-18-22(37-39(10,11)29(4,5)6)24-20(21)17-23(35-7)30(31)25(24)26(33)32(27(30)34)19-15-13-12-14-16-19/h12-17,21-25H,18H2,1-11H3/t21-,22+,23+,24+,25+,30-/m0/s1. The summed E-state index contributed by atoms with van der Waals surface area (Å²) in [6.07, 6.45) is 1.69. The number of amides is 2. The van der Waals surface area contributed by atoms with Gasteiger partial charge in [-0.15, -0.1) is 0 Å². The third-order valence-electron chi connectivity index (χ3n) is 9.95. The summed E-state index contributed by atoms with van der Waals surface area (Å²) in [5, 5.41) is 0.0231. The zero-order chi connectivity index (χ0) is 29.3. The molecule has 2 amide bonds. The number of benzene rings is 1. The molecule has 0 aromatic heterocycles. The lowest BCUT2D eigenvalue weighted by Gasteiger charge is -2.44. The zero-order valence-electron chi connectivity index (χ0n) is 25.4. The number of halogens is 1. The Labute approximate surface area is 245 Å². The first-order valence-electron chi connectivity index (χ1n) is 14.0. The molecule has 2 fully saturated rings. The topological polar surface area (TPSA) is 65.1 Å². The Hall–Kier alpha value is -1.11. The normalized spacial score (nSPS) is 31.8. The van der Waals surface area contributed by atoms with Crippen molar-refractivity contribution in [2.45, 2.75) is 107 Å². The predicted octanol–water partition coefficient (Wildman–Crippen LogP) is 7.07. The molecule has 39 heavy (non-hydrogen) atoms. The van der Waals surface area contributed by atoms with Gasteiger partial charge in [0.15, 0.2) is 16.6 Å². The largest absolute Gasteiger partial charge is 0.413 e. The minimum Gasteiger partial charge on any atom is -0.413 e. The van der Waals surface area contributed by atoms with Crippen LogP contribution in [0.25, 0.3) is 0 Å². The number of anilines is 1. The van der Waals surface area contributed by atoms with E-state index in [2.05, 4.69) is 89.7 Å². The van der Waals surface area contributed by atoms with Crippen molar-refractivity contribution < 1.29 is 23.2 Å². The van der Waals surface area contributed by atoms with Gasteiger partial charge in [-0.3, -0.25) is 9.59 Å². The highest BCUT2D eigenvalue weighted by molar-refractivity contribution is 9.10. The SMILES string of the molecule is CO[C@@H]1C=C2[C@H]([C@H](O[Si](C)(C)C(C)(C)C)C[C@@H]2O[Si](C)(C)C(C)(C)C)[C@@H]2C(=O)N(c3ccccc3)C(=O)[C@]12Br. The molecule has 1 aliphatic heterocycles. The highest BCUT2D eigenvalue weighted by Gasteiger charge is 2.70. The molecule has 4 rings (SSSR count). The van der Waals surface area contributed by atoms with Crippen molar-refractivity contribution in [2.75, 3.05) is 12.0 Å². The number of alkyl halides is 1. The van der Waals surface area contributed by atoms with E-state index in [-0.39, 0.29) is 40.0 Å². The fourth-order valence-electron chi connectivity index (χ4n) is 5.67. The number of carbonyl (C=O) groups is 2. The number of ether oxygens (including phenoxy) is 1. The summed E-state index contributed by atoms with van der Waals surface area (Å²) in [5.74, 6) is -1.45. The van der Waals surface area contributed by atoms with Crippen LogP contribution in [0.3, 0.4) is 0 Å². The Morgan fingerprint density at radius 3 is 1.97 bits per heavy atom. The van der Waals surface area contributed by atoms with Crippen LogP contribution in [0.2, 0.25) is 36.3 Å². The number of methoxy groups -OCH3 is 1. The van der Waals surface area contributed by atoms with Crippen molar-refractivity contribution in [2.24, 2.45) is 11.8 Å². The summed E-state index contributed by atoms with van der Waals surface area (Å²) in [5.41, 5.74) is 1.62. The van der Waals surface area contributed by atoms with Gasteiger partial charge in [0.25, 0.3) is 5.91 Å². The van der Waals surface area contributed by atoms with Gasteiger partial charge in [0.05, 0.1) is 23.8 Å². The fourth-order valence-corrected chi connectivity index (χ4v) is 9.30. The van der Waals surface area contributed by atoms with Crippen LogP contribution in [0.5, 0.6) is 0 Å². The van der Waals surface area contributed by atoms with Crippen LogP contribution in [0.1, 0.15) is 48.0 Å². The Morgan fingerprint density at radius 1 is 0.923 bits per heavy atom. The molecule has 1 saturated heterocycles. The summed E-state index contributed by atoms with van der Waals surface area (Å²) in [7, 11) is -2.76. The molecule has 1 saturated carbocycles. The first kappa shape index (κ1) is 30.8. The number of imide groups is 1. The molecule has 0 bridgehead atoms. The van der Waals surface area contributed by atoms with Gasteiger partial charge in [-0.1, -0.05) is 81.7 Å². The Balaban J connectivity index is 1.85. The Morgan fingerprint density at radius 2 is 1.46 bits per heavy atom. The minimum atomic E-state index is -2.21. The first-order chi connectivity index (χ1) is 17.8. The van der Waals surface area contributed by atoms with Crippen LogP contribution in [-0.2, 0) is 23.2 Å². The summed E-state index contributed by atoms with van der Waals surface area (Å²) in [4.78, 5) is 29.8. The van der Waals surface area contributed by atoms with Gasteiger partial charge in [-0.2, -0.15) is 0 Å². The molecule has 0 radical (unpaired) electrons. The number of nitrogens with zero attached hydrogens (tertiary/aromatic N) is 1. The van der Waals surface area contributed by atoms with Gasteiger partial charge >= 0.3 is 0 Å². The second kappa shape index (κ2) is 10.0. The van der Waals surface area contributed by atoms with Crippen LogP contribution in [0.15, 0.2) is 42.0 Å². The third-order valence-corrected chi connectivity index (χ3v) is 20.2. The molecule has 1 aromatic carbocycles. The molecule has 0 unspecified atom stereocenters. The van der Waals surface area contributed by atoms with E-state index in [1.54, 1.807) is 19.2 Å². The number of hydrogen-bond donors (Lipinski definition) is 0. The van der Waals surface area contributed by atoms with Gasteiger partial charge in [0.2, 0.25) is 5.91 Å². The lowest BCUT2D eigenvalue weighted by Crippen LogP contribution is -2.55. The van der Waals surface area contributed by atoms with E-state index in [9.17, 15) is 9.59 Å². The van der Waals surface area contributed by atoms with Crippen molar-refractivity contribution in [1.82, 2.24) is 0 Å². The van der Waals surface area contributed by atoms with Crippen molar-refractivity contribution in [3.63, 3.8) is 0 Å². The maximum atomic E-state index is 14.3. The Bertz CT molecular complexity index is 1160. The Kier molecular flexibility index (Phi) is 7.92. The molecule has 1 heterocycles. The van der Waals surface area contributed by atoms with Crippen molar-refractivity contribution in [3.05, 3.63) is 42.0 Å². The lowest BCUT2D eigenvalue weighted by atomic mass is 9.71. The van der Waals surface area contributed by atoms with Crippen LogP contribution in [0, 0.1) is 11.8 Å². The quantitative estimate of drug-likeness (QED) is 0.145. The lowest BCUT2D eigenvalue weighted by molar-refractivity contribution is -0.123. The molecule has 0 N–H and O–H groups in total. The van der Waals surface area contributed by atoms with Crippen LogP contribution in [-0.4, -0.2) is 58.2 Å². The van der Waals surface area contributed by atoms with E-state index in [1.165, 1.54) is 4.90 Å². The van der Waals surface area contributed by atoms with Gasteiger partial charge in [-0.05, 0) is 54.0 Å². The smallest absolute Gasteiger partial charge is 0.254 e. The number of rotatable bonds is 6. The molecule has 0 spiro atoms. The zero-order valence-corrected chi connectivity index (χ0v) is 29.0. The molecular formula is C30H46BrNO5Si2. The van der Waals surface area contributed by atoms with E-state index in [0.29, 0.717) is 12.1 Å². The van der Waals surface area contributed by atoms with Gasteiger partial charge in [0, 0.05) is 19.4 Å². The minimum absolute atomic E-state index is 0.00392. The first-order valence-corrected chi connectivity index (χ1v) is 20.6. The second-order valence-electron chi connectivity index (χ2n) is 14.4.